The molecule has 0 spiro atoms. The van der Waals surface area contributed by atoms with Crippen LogP contribution in [-0.4, -0.2) is 18.4 Å². The van der Waals surface area contributed by atoms with E-state index in [2.05, 4.69) is 10.6 Å². The van der Waals surface area contributed by atoms with Crippen molar-refractivity contribution in [2.24, 2.45) is 0 Å². The molecule has 29 heavy (non-hydrogen) atoms. The number of benzene rings is 1. The van der Waals surface area contributed by atoms with E-state index in [1.807, 2.05) is 24.3 Å². The average Bonchev–Trinajstić information content (AvgIpc) is 3.38. The lowest BCUT2D eigenvalue weighted by atomic mass is 9.95. The molecule has 6 nitrogen and oxygen atoms in total. The van der Waals surface area contributed by atoms with Crippen LogP contribution in [0.25, 0.3) is 0 Å². The van der Waals surface area contributed by atoms with E-state index in [9.17, 15) is 9.59 Å². The van der Waals surface area contributed by atoms with Crippen LogP contribution in [0.5, 0.6) is 5.75 Å². The molecule has 2 N–H and O–H groups in total. The lowest BCUT2D eigenvalue weighted by molar-refractivity contribution is -0.118. The molecule has 0 saturated heterocycles. The third-order valence-corrected chi connectivity index (χ3v) is 5.97. The zero-order chi connectivity index (χ0) is 20.1. The van der Waals surface area contributed by atoms with Crippen LogP contribution in [0.1, 0.15) is 39.4 Å². The van der Waals surface area contributed by atoms with Gasteiger partial charge in [-0.25, -0.2) is 0 Å². The maximum Gasteiger partial charge on any atom is 0.262 e. The number of anilines is 1. The minimum atomic E-state index is -0.285. The molecule has 0 radical (unpaired) electrons. The maximum absolute atomic E-state index is 12.9. The number of furan rings is 1. The van der Waals surface area contributed by atoms with Crippen molar-refractivity contribution in [3.8, 4) is 5.75 Å². The van der Waals surface area contributed by atoms with Crippen LogP contribution in [-0.2, 0) is 24.2 Å². The number of rotatable bonds is 7. The SMILES string of the molecule is O=C(COc1ccccc1)Nc1sc2c(c1C(=O)NCc1ccco1)CCCC2. The predicted octanol–water partition coefficient (Wildman–Crippen LogP) is 4.17. The van der Waals surface area contributed by atoms with Gasteiger partial charge in [-0.15, -0.1) is 11.3 Å². The van der Waals surface area contributed by atoms with Gasteiger partial charge in [0.15, 0.2) is 6.61 Å². The number of carbonyl (C=O) groups excluding carboxylic acids is 2. The molecule has 0 saturated carbocycles. The highest BCUT2D eigenvalue weighted by Crippen LogP contribution is 2.38. The molecular weight excluding hydrogens is 388 g/mol. The molecule has 0 bridgehead atoms. The summed E-state index contributed by atoms with van der Waals surface area (Å²) >= 11 is 1.49. The molecule has 2 aromatic heterocycles. The van der Waals surface area contributed by atoms with Crippen LogP contribution in [0, 0.1) is 0 Å². The fourth-order valence-electron chi connectivity index (χ4n) is 3.39. The molecule has 1 aliphatic carbocycles. The summed E-state index contributed by atoms with van der Waals surface area (Å²) < 4.78 is 10.8. The summed E-state index contributed by atoms with van der Waals surface area (Å²) in [5.74, 6) is 0.835. The van der Waals surface area contributed by atoms with Crippen LogP contribution in [0.2, 0.25) is 0 Å². The average molecular weight is 410 g/mol. The Morgan fingerprint density at radius 2 is 1.90 bits per heavy atom. The largest absolute Gasteiger partial charge is 0.484 e. The highest BCUT2D eigenvalue weighted by atomic mass is 32.1. The first-order chi connectivity index (χ1) is 14.2. The molecule has 4 rings (SSSR count). The summed E-state index contributed by atoms with van der Waals surface area (Å²) in [4.78, 5) is 26.5. The van der Waals surface area contributed by atoms with E-state index in [1.54, 1.807) is 24.5 Å². The molecule has 1 aromatic carbocycles. The topological polar surface area (TPSA) is 80.6 Å². The fraction of sp³-hybridized carbons (Fsp3) is 0.273. The standard InChI is InChI=1S/C22H22N2O4S/c25-19(14-28-15-7-2-1-3-8-15)24-22-20(17-10-4-5-11-18(17)29-22)21(26)23-13-16-9-6-12-27-16/h1-3,6-9,12H,4-5,10-11,13-14H2,(H,23,26)(H,24,25). The minimum absolute atomic E-state index is 0.111. The number of fused-ring (bicyclic) bond motifs is 1. The Bertz CT molecular complexity index is 980. The van der Waals surface area contributed by atoms with Crippen molar-refractivity contribution < 1.29 is 18.7 Å². The van der Waals surface area contributed by atoms with Crippen LogP contribution < -0.4 is 15.4 Å². The highest BCUT2D eigenvalue weighted by Gasteiger charge is 2.26. The van der Waals surface area contributed by atoms with Crippen molar-refractivity contribution in [3.05, 3.63) is 70.5 Å². The van der Waals surface area contributed by atoms with Crippen LogP contribution >= 0.6 is 11.3 Å². The second kappa shape index (κ2) is 8.96. The lowest BCUT2D eigenvalue weighted by Gasteiger charge is -2.13. The number of para-hydroxylation sites is 1. The number of amides is 2. The van der Waals surface area contributed by atoms with Gasteiger partial charge >= 0.3 is 0 Å². The number of aryl methyl sites for hydroxylation is 1. The number of carbonyl (C=O) groups is 2. The Morgan fingerprint density at radius 1 is 1.07 bits per heavy atom. The number of hydrogen-bond donors (Lipinski definition) is 2. The number of ether oxygens (including phenoxy) is 1. The van der Waals surface area contributed by atoms with E-state index in [0.717, 1.165) is 31.2 Å². The second-order valence-electron chi connectivity index (χ2n) is 6.83. The highest BCUT2D eigenvalue weighted by molar-refractivity contribution is 7.17. The fourth-order valence-corrected chi connectivity index (χ4v) is 4.69. The number of thiophene rings is 1. The summed E-state index contributed by atoms with van der Waals surface area (Å²) in [5, 5.41) is 6.38. The monoisotopic (exact) mass is 410 g/mol. The van der Waals surface area contributed by atoms with Crippen LogP contribution in [0.4, 0.5) is 5.00 Å². The van der Waals surface area contributed by atoms with Gasteiger partial charge in [-0.3, -0.25) is 9.59 Å². The first kappa shape index (κ1) is 19.3. The van der Waals surface area contributed by atoms with E-state index in [0.29, 0.717) is 28.6 Å². The van der Waals surface area contributed by atoms with Gasteiger partial charge < -0.3 is 19.8 Å². The molecule has 0 fully saturated rings. The van der Waals surface area contributed by atoms with E-state index < -0.39 is 0 Å². The van der Waals surface area contributed by atoms with Crippen molar-refractivity contribution in [2.75, 3.05) is 11.9 Å². The maximum atomic E-state index is 12.9. The van der Waals surface area contributed by atoms with Gasteiger partial charge in [0, 0.05) is 4.88 Å². The zero-order valence-electron chi connectivity index (χ0n) is 15.9. The number of hydrogen-bond acceptors (Lipinski definition) is 5. The Hall–Kier alpha value is -3.06. The smallest absolute Gasteiger partial charge is 0.262 e. The Morgan fingerprint density at radius 3 is 2.69 bits per heavy atom. The van der Waals surface area contributed by atoms with E-state index in [-0.39, 0.29) is 18.4 Å². The molecular formula is C22H22N2O4S. The summed E-state index contributed by atoms with van der Waals surface area (Å²) in [6, 6.07) is 12.8. The van der Waals surface area contributed by atoms with Gasteiger partial charge in [-0.1, -0.05) is 18.2 Å². The van der Waals surface area contributed by atoms with Crippen molar-refractivity contribution in [1.29, 1.82) is 0 Å². The number of nitrogens with one attached hydrogen (secondary N) is 2. The summed E-state index contributed by atoms with van der Waals surface area (Å²) in [7, 11) is 0. The lowest BCUT2D eigenvalue weighted by Crippen LogP contribution is -2.26. The molecule has 7 heteroatoms. The van der Waals surface area contributed by atoms with Gasteiger partial charge in [-0.2, -0.15) is 0 Å². The molecule has 150 valence electrons. The molecule has 2 amide bonds. The normalized spacial score (nSPS) is 12.8. The van der Waals surface area contributed by atoms with E-state index in [4.69, 9.17) is 9.15 Å². The predicted molar refractivity (Wildman–Crippen MR) is 111 cm³/mol. The second-order valence-corrected chi connectivity index (χ2v) is 7.93. The molecule has 3 aromatic rings. The van der Waals surface area contributed by atoms with Gasteiger partial charge in [0.1, 0.15) is 16.5 Å². The zero-order valence-corrected chi connectivity index (χ0v) is 16.7. The van der Waals surface area contributed by atoms with E-state index in [1.165, 1.54) is 16.2 Å². The molecule has 1 aliphatic rings. The Balaban J connectivity index is 1.47. The van der Waals surface area contributed by atoms with Crippen molar-refractivity contribution >= 4 is 28.2 Å². The minimum Gasteiger partial charge on any atom is -0.484 e. The third kappa shape index (κ3) is 4.68. The molecule has 0 unspecified atom stereocenters. The molecule has 2 heterocycles. The Labute approximate surface area is 172 Å². The van der Waals surface area contributed by atoms with Crippen molar-refractivity contribution in [2.45, 2.75) is 32.2 Å². The Kier molecular flexibility index (Phi) is 5.95. The van der Waals surface area contributed by atoms with Crippen LogP contribution in [0.15, 0.2) is 53.1 Å². The van der Waals surface area contributed by atoms with E-state index >= 15 is 0 Å². The van der Waals surface area contributed by atoms with Crippen molar-refractivity contribution in [3.63, 3.8) is 0 Å². The van der Waals surface area contributed by atoms with Gasteiger partial charge in [0.2, 0.25) is 0 Å². The van der Waals surface area contributed by atoms with Gasteiger partial charge in [-0.05, 0) is 55.5 Å². The first-order valence-electron chi connectivity index (χ1n) is 9.63. The van der Waals surface area contributed by atoms with Crippen molar-refractivity contribution in [1.82, 2.24) is 5.32 Å². The third-order valence-electron chi connectivity index (χ3n) is 4.77. The first-order valence-corrected chi connectivity index (χ1v) is 10.4. The summed E-state index contributed by atoms with van der Waals surface area (Å²) in [6.07, 6.45) is 5.52. The summed E-state index contributed by atoms with van der Waals surface area (Å²) in [5.41, 5.74) is 1.63. The van der Waals surface area contributed by atoms with Crippen LogP contribution in [0.3, 0.4) is 0 Å². The van der Waals surface area contributed by atoms with Gasteiger partial charge in [0.05, 0.1) is 18.4 Å². The molecule has 0 aliphatic heterocycles. The summed E-state index contributed by atoms with van der Waals surface area (Å²) in [6.45, 7) is 0.195. The quantitative estimate of drug-likeness (QED) is 0.613. The van der Waals surface area contributed by atoms with Gasteiger partial charge in [0.25, 0.3) is 11.8 Å². The molecule has 0 atom stereocenters.